The van der Waals surface area contributed by atoms with Crippen LogP contribution >= 0.6 is 11.6 Å². The highest BCUT2D eigenvalue weighted by Gasteiger charge is 2.11. The maximum atomic E-state index is 11.2. The van der Waals surface area contributed by atoms with Crippen molar-refractivity contribution in [3.63, 3.8) is 0 Å². The zero-order chi connectivity index (χ0) is 13.5. The van der Waals surface area contributed by atoms with E-state index in [0.29, 0.717) is 18.1 Å². The van der Waals surface area contributed by atoms with E-state index in [2.05, 4.69) is 0 Å². The third-order valence-electron chi connectivity index (χ3n) is 2.44. The van der Waals surface area contributed by atoms with Crippen molar-refractivity contribution in [1.29, 1.82) is 0 Å². The Hall–Kier alpha value is -1.39. The van der Waals surface area contributed by atoms with Crippen molar-refractivity contribution in [1.82, 2.24) is 4.90 Å². The van der Waals surface area contributed by atoms with E-state index >= 15 is 0 Å². The Kier molecular flexibility index (Phi) is 5.82. The molecule has 0 amide bonds. The second-order valence-electron chi connectivity index (χ2n) is 4.15. The van der Waals surface area contributed by atoms with E-state index in [1.165, 1.54) is 6.92 Å². The van der Waals surface area contributed by atoms with Crippen LogP contribution in [0, 0.1) is 0 Å². The number of benzene rings is 1. The van der Waals surface area contributed by atoms with Gasteiger partial charge in [0.15, 0.2) is 0 Å². The lowest BCUT2D eigenvalue weighted by Gasteiger charge is -2.20. The van der Waals surface area contributed by atoms with Gasteiger partial charge >= 0.3 is 5.97 Å². The number of Topliss-reactive ketones (excluding diaryl/α,β-unsaturated/α-hetero) is 1. The first kappa shape index (κ1) is 14.7. The van der Waals surface area contributed by atoms with Crippen LogP contribution in [-0.4, -0.2) is 34.8 Å². The topological polar surface area (TPSA) is 57.6 Å². The molecule has 0 aliphatic heterocycles. The molecular weight excluding hydrogens is 254 g/mol. The van der Waals surface area contributed by atoms with Crippen LogP contribution in [0.4, 0.5) is 0 Å². The summed E-state index contributed by atoms with van der Waals surface area (Å²) in [7, 11) is 0. The lowest BCUT2D eigenvalue weighted by atomic mass is 10.2. The van der Waals surface area contributed by atoms with Gasteiger partial charge in [0, 0.05) is 18.1 Å². The molecule has 0 spiro atoms. The first-order chi connectivity index (χ1) is 8.49. The Morgan fingerprint density at radius 1 is 1.33 bits per heavy atom. The van der Waals surface area contributed by atoms with Gasteiger partial charge in [-0.3, -0.25) is 14.5 Å². The number of carboxylic acids is 1. The van der Waals surface area contributed by atoms with Crippen molar-refractivity contribution < 1.29 is 14.7 Å². The van der Waals surface area contributed by atoms with Crippen LogP contribution < -0.4 is 0 Å². The summed E-state index contributed by atoms with van der Waals surface area (Å²) in [6.07, 6.45) is 0.0116. The van der Waals surface area contributed by atoms with Crippen molar-refractivity contribution in [2.75, 3.05) is 13.1 Å². The number of hydrogen-bond acceptors (Lipinski definition) is 3. The fourth-order valence-corrected chi connectivity index (χ4v) is 1.85. The molecule has 1 rings (SSSR count). The fourth-order valence-electron chi connectivity index (χ4n) is 1.65. The van der Waals surface area contributed by atoms with E-state index in [0.717, 1.165) is 5.56 Å². The van der Waals surface area contributed by atoms with Gasteiger partial charge in [0.2, 0.25) is 0 Å². The van der Waals surface area contributed by atoms with Crippen LogP contribution in [0.2, 0.25) is 5.02 Å². The van der Waals surface area contributed by atoms with Gasteiger partial charge in [0.25, 0.3) is 0 Å². The van der Waals surface area contributed by atoms with Crippen LogP contribution in [0.25, 0.3) is 0 Å². The van der Waals surface area contributed by atoms with Gasteiger partial charge in [-0.1, -0.05) is 29.8 Å². The van der Waals surface area contributed by atoms with E-state index in [-0.39, 0.29) is 18.7 Å². The van der Waals surface area contributed by atoms with Crippen molar-refractivity contribution in [2.24, 2.45) is 0 Å². The molecule has 1 aromatic rings. The SMILES string of the molecule is CC(=O)CN(CCC(=O)O)Cc1ccccc1Cl. The van der Waals surface area contributed by atoms with E-state index < -0.39 is 5.97 Å². The monoisotopic (exact) mass is 269 g/mol. The minimum absolute atomic E-state index is 0.00689. The molecule has 1 aromatic carbocycles. The van der Waals surface area contributed by atoms with Gasteiger partial charge in [0.1, 0.15) is 5.78 Å². The number of aliphatic carboxylic acids is 1. The highest BCUT2D eigenvalue weighted by molar-refractivity contribution is 6.31. The molecule has 0 heterocycles. The molecule has 18 heavy (non-hydrogen) atoms. The Morgan fingerprint density at radius 3 is 2.56 bits per heavy atom. The number of halogens is 1. The van der Waals surface area contributed by atoms with Crippen LogP contribution in [0.1, 0.15) is 18.9 Å². The first-order valence-corrected chi connectivity index (χ1v) is 6.04. The summed E-state index contributed by atoms with van der Waals surface area (Å²) in [5, 5.41) is 9.31. The van der Waals surface area contributed by atoms with Crippen molar-refractivity contribution in [3.8, 4) is 0 Å². The van der Waals surface area contributed by atoms with Gasteiger partial charge in [-0.15, -0.1) is 0 Å². The quantitative estimate of drug-likeness (QED) is 0.824. The number of hydrogen-bond donors (Lipinski definition) is 1. The summed E-state index contributed by atoms with van der Waals surface area (Å²) < 4.78 is 0. The minimum Gasteiger partial charge on any atom is -0.481 e. The largest absolute Gasteiger partial charge is 0.481 e. The lowest BCUT2D eigenvalue weighted by Crippen LogP contribution is -2.30. The van der Waals surface area contributed by atoms with E-state index in [1.807, 2.05) is 18.2 Å². The molecule has 0 saturated carbocycles. The molecule has 0 saturated heterocycles. The zero-order valence-electron chi connectivity index (χ0n) is 10.2. The van der Waals surface area contributed by atoms with E-state index in [1.54, 1.807) is 11.0 Å². The molecule has 1 N–H and O–H groups in total. The van der Waals surface area contributed by atoms with Gasteiger partial charge < -0.3 is 5.11 Å². The third kappa shape index (κ3) is 5.29. The molecule has 0 unspecified atom stereocenters. The van der Waals surface area contributed by atoms with E-state index in [9.17, 15) is 9.59 Å². The van der Waals surface area contributed by atoms with Crippen LogP contribution in [0.5, 0.6) is 0 Å². The van der Waals surface area contributed by atoms with E-state index in [4.69, 9.17) is 16.7 Å². The lowest BCUT2D eigenvalue weighted by molar-refractivity contribution is -0.137. The molecule has 4 nitrogen and oxygen atoms in total. The molecule has 98 valence electrons. The minimum atomic E-state index is -0.872. The van der Waals surface area contributed by atoms with Gasteiger partial charge in [0.05, 0.1) is 13.0 Å². The van der Waals surface area contributed by atoms with Crippen LogP contribution in [0.3, 0.4) is 0 Å². The number of carboxylic acid groups (broad SMARTS) is 1. The molecule has 0 radical (unpaired) electrons. The molecule has 0 atom stereocenters. The van der Waals surface area contributed by atoms with Crippen molar-refractivity contribution in [3.05, 3.63) is 34.9 Å². The predicted molar refractivity (Wildman–Crippen MR) is 69.7 cm³/mol. The fraction of sp³-hybridized carbons (Fsp3) is 0.385. The normalized spacial score (nSPS) is 10.6. The molecule has 0 bridgehead atoms. The molecule has 0 aliphatic rings. The maximum absolute atomic E-state index is 11.2. The Bertz CT molecular complexity index is 434. The molecule has 0 aromatic heterocycles. The Balaban J connectivity index is 2.68. The number of rotatable bonds is 7. The maximum Gasteiger partial charge on any atom is 0.304 e. The molecule has 0 aliphatic carbocycles. The van der Waals surface area contributed by atoms with Gasteiger partial charge in [-0.25, -0.2) is 0 Å². The number of nitrogens with zero attached hydrogens (tertiary/aromatic N) is 1. The number of carbonyl (C=O) groups is 2. The highest BCUT2D eigenvalue weighted by atomic mass is 35.5. The number of carbonyl (C=O) groups excluding carboxylic acids is 1. The summed E-state index contributed by atoms with van der Waals surface area (Å²) in [5.74, 6) is -0.866. The summed E-state index contributed by atoms with van der Waals surface area (Å²) >= 11 is 6.04. The Labute approximate surface area is 111 Å². The smallest absolute Gasteiger partial charge is 0.304 e. The second kappa shape index (κ2) is 7.13. The standard InChI is InChI=1S/C13H16ClNO3/c1-10(16)8-15(7-6-13(17)18)9-11-4-2-3-5-12(11)14/h2-5H,6-9H2,1H3,(H,17,18). The average Bonchev–Trinajstić information content (AvgIpc) is 2.28. The van der Waals surface area contributed by atoms with Crippen molar-refractivity contribution >= 4 is 23.4 Å². The van der Waals surface area contributed by atoms with Gasteiger partial charge in [-0.2, -0.15) is 0 Å². The molecule has 5 heteroatoms. The highest BCUT2D eigenvalue weighted by Crippen LogP contribution is 2.17. The predicted octanol–water partition coefficient (Wildman–Crippen LogP) is 2.21. The second-order valence-corrected chi connectivity index (χ2v) is 4.56. The molecule has 0 fully saturated rings. The summed E-state index contributed by atoms with van der Waals surface area (Å²) in [6, 6.07) is 7.35. The summed E-state index contributed by atoms with van der Waals surface area (Å²) in [6.45, 7) is 2.53. The van der Waals surface area contributed by atoms with Crippen LogP contribution in [0.15, 0.2) is 24.3 Å². The summed E-state index contributed by atoms with van der Waals surface area (Å²) in [4.78, 5) is 23.5. The van der Waals surface area contributed by atoms with Crippen molar-refractivity contribution in [2.45, 2.75) is 19.9 Å². The molecular formula is C13H16ClNO3. The van der Waals surface area contributed by atoms with Crippen LogP contribution in [-0.2, 0) is 16.1 Å². The van der Waals surface area contributed by atoms with Gasteiger partial charge in [-0.05, 0) is 18.6 Å². The Morgan fingerprint density at radius 2 is 2.00 bits per heavy atom. The summed E-state index contributed by atoms with van der Waals surface area (Å²) in [5.41, 5.74) is 0.894. The first-order valence-electron chi connectivity index (χ1n) is 5.66. The third-order valence-corrected chi connectivity index (χ3v) is 2.81. The average molecular weight is 270 g/mol. The number of ketones is 1. The zero-order valence-corrected chi connectivity index (χ0v) is 11.0.